The maximum atomic E-state index is 10.5. The lowest BCUT2D eigenvalue weighted by Crippen LogP contribution is -2.23. The van der Waals surface area contributed by atoms with E-state index in [1.807, 2.05) is 0 Å². The Balaban J connectivity index is 2.97. The molecule has 1 aliphatic rings. The van der Waals surface area contributed by atoms with Crippen molar-refractivity contribution in [3.05, 3.63) is 47.1 Å². The van der Waals surface area contributed by atoms with E-state index in [-0.39, 0.29) is 12.0 Å². The molecule has 0 bridgehead atoms. The van der Waals surface area contributed by atoms with Crippen molar-refractivity contribution in [2.75, 3.05) is 0 Å². The first-order valence-corrected chi connectivity index (χ1v) is 8.24. The fourth-order valence-corrected chi connectivity index (χ4v) is 2.77. The number of aliphatic hydroxyl groups is 1. The molecule has 0 radical (unpaired) electrons. The fraction of sp³-hybridized carbons (Fsp3) is 0.600. The Bertz CT molecular complexity index is 435. The van der Waals surface area contributed by atoms with E-state index in [2.05, 4.69) is 65.0 Å². The van der Waals surface area contributed by atoms with Gasteiger partial charge in [-0.25, -0.2) is 0 Å². The zero-order chi connectivity index (χ0) is 15.8. The second kappa shape index (κ2) is 9.04. The highest BCUT2D eigenvalue weighted by Crippen LogP contribution is 2.23. The molecular weight excluding hydrogens is 256 g/mol. The van der Waals surface area contributed by atoms with Crippen LogP contribution in [0.2, 0.25) is 0 Å². The second-order valence-corrected chi connectivity index (χ2v) is 6.78. The molecule has 0 aromatic rings. The topological polar surface area (TPSA) is 20.2 Å². The van der Waals surface area contributed by atoms with Gasteiger partial charge in [-0.15, -0.1) is 0 Å². The molecule has 21 heavy (non-hydrogen) atoms. The summed E-state index contributed by atoms with van der Waals surface area (Å²) in [6.45, 7) is 10.9. The van der Waals surface area contributed by atoms with Crippen LogP contribution in [-0.4, -0.2) is 11.2 Å². The van der Waals surface area contributed by atoms with E-state index < -0.39 is 0 Å². The van der Waals surface area contributed by atoms with Gasteiger partial charge >= 0.3 is 0 Å². The summed E-state index contributed by atoms with van der Waals surface area (Å²) in [5.74, 6) is 0.670. The number of hydrogen-bond donors (Lipinski definition) is 1. The van der Waals surface area contributed by atoms with Crippen LogP contribution in [0.4, 0.5) is 0 Å². The molecule has 0 spiro atoms. The highest BCUT2D eigenvalue weighted by atomic mass is 16.3. The maximum absolute atomic E-state index is 10.5. The molecule has 0 aromatic carbocycles. The van der Waals surface area contributed by atoms with E-state index in [4.69, 9.17) is 0 Å². The largest absolute Gasteiger partial charge is 0.392 e. The molecule has 1 unspecified atom stereocenters. The van der Waals surface area contributed by atoms with Crippen molar-refractivity contribution in [1.29, 1.82) is 0 Å². The minimum atomic E-state index is -0.287. The van der Waals surface area contributed by atoms with Gasteiger partial charge in [0.1, 0.15) is 0 Å². The van der Waals surface area contributed by atoms with Gasteiger partial charge in [-0.1, -0.05) is 60.9 Å². The Morgan fingerprint density at radius 2 is 1.76 bits per heavy atom. The van der Waals surface area contributed by atoms with Gasteiger partial charge in [-0.2, -0.15) is 0 Å². The molecule has 0 saturated carbocycles. The molecule has 0 fully saturated rings. The Morgan fingerprint density at radius 3 is 2.43 bits per heavy atom. The lowest BCUT2D eigenvalue weighted by atomic mass is 9.86. The summed E-state index contributed by atoms with van der Waals surface area (Å²) >= 11 is 0. The third-order valence-electron chi connectivity index (χ3n) is 4.26. The molecule has 1 heteroatoms. The van der Waals surface area contributed by atoms with Gasteiger partial charge in [0.05, 0.1) is 6.10 Å². The van der Waals surface area contributed by atoms with Crippen LogP contribution < -0.4 is 0 Å². The zero-order valence-electron chi connectivity index (χ0n) is 14.4. The van der Waals surface area contributed by atoms with Gasteiger partial charge in [0.2, 0.25) is 0 Å². The molecular formula is C20H32O. The summed E-state index contributed by atoms with van der Waals surface area (Å²) in [4.78, 5) is 0. The summed E-state index contributed by atoms with van der Waals surface area (Å²) in [6.07, 6.45) is 14.9. The molecule has 2 atom stereocenters. The SMILES string of the molecule is CC1=C/C/C=C(/C)CC/C=C(/C)C[C@@H](O)C(C(C)C)\C=C\1. The third-order valence-corrected chi connectivity index (χ3v) is 4.26. The van der Waals surface area contributed by atoms with Crippen LogP contribution in [0.15, 0.2) is 47.1 Å². The number of hydrogen-bond acceptors (Lipinski definition) is 1. The van der Waals surface area contributed by atoms with Crippen molar-refractivity contribution >= 4 is 0 Å². The van der Waals surface area contributed by atoms with Crippen molar-refractivity contribution in [3.63, 3.8) is 0 Å². The Morgan fingerprint density at radius 1 is 1.05 bits per heavy atom. The molecule has 0 aliphatic heterocycles. The van der Waals surface area contributed by atoms with Crippen molar-refractivity contribution in [1.82, 2.24) is 0 Å². The van der Waals surface area contributed by atoms with E-state index in [1.165, 1.54) is 16.7 Å². The van der Waals surface area contributed by atoms with Gasteiger partial charge < -0.3 is 5.11 Å². The summed E-state index contributed by atoms with van der Waals surface area (Å²) in [6, 6.07) is 0. The molecule has 0 heterocycles. The van der Waals surface area contributed by atoms with Crippen LogP contribution in [0.5, 0.6) is 0 Å². The predicted octanol–water partition coefficient (Wildman–Crippen LogP) is 5.59. The van der Waals surface area contributed by atoms with E-state index >= 15 is 0 Å². The zero-order valence-corrected chi connectivity index (χ0v) is 14.4. The summed E-state index contributed by atoms with van der Waals surface area (Å²) in [7, 11) is 0. The molecule has 118 valence electrons. The van der Waals surface area contributed by atoms with Crippen molar-refractivity contribution in [2.45, 2.75) is 66.4 Å². The first-order valence-electron chi connectivity index (χ1n) is 8.24. The lowest BCUT2D eigenvalue weighted by molar-refractivity contribution is 0.107. The molecule has 1 rings (SSSR count). The lowest BCUT2D eigenvalue weighted by Gasteiger charge is -2.24. The minimum absolute atomic E-state index is 0.219. The van der Waals surface area contributed by atoms with Crippen LogP contribution in [0, 0.1) is 11.8 Å². The summed E-state index contributed by atoms with van der Waals surface area (Å²) in [5, 5.41) is 10.5. The monoisotopic (exact) mass is 288 g/mol. The highest BCUT2D eigenvalue weighted by Gasteiger charge is 2.20. The average Bonchev–Trinajstić information content (AvgIpc) is 2.37. The van der Waals surface area contributed by atoms with Gasteiger partial charge in [0, 0.05) is 5.92 Å². The fourth-order valence-electron chi connectivity index (χ4n) is 2.77. The molecule has 1 N–H and O–H groups in total. The quantitative estimate of drug-likeness (QED) is 0.624. The van der Waals surface area contributed by atoms with Crippen molar-refractivity contribution < 1.29 is 5.11 Å². The van der Waals surface area contributed by atoms with E-state index in [0.29, 0.717) is 5.92 Å². The maximum Gasteiger partial charge on any atom is 0.0642 e. The van der Waals surface area contributed by atoms with Crippen molar-refractivity contribution in [3.8, 4) is 0 Å². The average molecular weight is 288 g/mol. The van der Waals surface area contributed by atoms with E-state index in [1.54, 1.807) is 0 Å². The van der Waals surface area contributed by atoms with Crippen LogP contribution >= 0.6 is 0 Å². The Hall–Kier alpha value is -1.08. The second-order valence-electron chi connectivity index (χ2n) is 6.78. The molecule has 0 aromatic heterocycles. The van der Waals surface area contributed by atoms with Crippen LogP contribution in [0.25, 0.3) is 0 Å². The normalized spacial score (nSPS) is 34.9. The number of allylic oxidation sites excluding steroid dienone is 6. The third kappa shape index (κ3) is 6.95. The molecule has 0 amide bonds. The standard InChI is InChI=1S/C20H32O/c1-15(2)19-13-12-17(4)10-6-8-16(3)9-7-11-18(5)14-20(19)21/h8,10-13,15,19-21H,6-7,9,14H2,1-5H3/b13-12+,16-8-,17-10-,18-11-/t19?,20-/m1/s1. The van der Waals surface area contributed by atoms with E-state index in [9.17, 15) is 5.11 Å². The van der Waals surface area contributed by atoms with Gasteiger partial charge in [-0.05, 0) is 52.4 Å². The van der Waals surface area contributed by atoms with Crippen LogP contribution in [0.3, 0.4) is 0 Å². The number of aliphatic hydroxyl groups excluding tert-OH is 1. The Labute approximate surface area is 131 Å². The molecule has 1 aliphatic carbocycles. The highest BCUT2D eigenvalue weighted by molar-refractivity contribution is 5.19. The number of rotatable bonds is 1. The smallest absolute Gasteiger partial charge is 0.0642 e. The van der Waals surface area contributed by atoms with Crippen LogP contribution in [-0.2, 0) is 0 Å². The van der Waals surface area contributed by atoms with Gasteiger partial charge in [0.15, 0.2) is 0 Å². The first kappa shape index (κ1) is 18.0. The first-order chi connectivity index (χ1) is 9.90. The van der Waals surface area contributed by atoms with Crippen LogP contribution in [0.1, 0.15) is 60.3 Å². The summed E-state index contributed by atoms with van der Waals surface area (Å²) in [5.41, 5.74) is 4.03. The minimum Gasteiger partial charge on any atom is -0.392 e. The molecule has 1 nitrogen and oxygen atoms in total. The Kier molecular flexibility index (Phi) is 7.74. The predicted molar refractivity (Wildman–Crippen MR) is 93.2 cm³/mol. The van der Waals surface area contributed by atoms with Gasteiger partial charge in [-0.3, -0.25) is 0 Å². The summed E-state index contributed by atoms with van der Waals surface area (Å²) < 4.78 is 0. The van der Waals surface area contributed by atoms with Gasteiger partial charge in [0.25, 0.3) is 0 Å². The van der Waals surface area contributed by atoms with Crippen molar-refractivity contribution in [2.24, 2.45) is 11.8 Å². The van der Waals surface area contributed by atoms with E-state index in [0.717, 1.165) is 25.7 Å². The molecule has 0 saturated heterocycles.